The van der Waals surface area contributed by atoms with Crippen LogP contribution in [0, 0.1) is 13.8 Å². The zero-order valence-electron chi connectivity index (χ0n) is 12.1. The number of fused-ring (bicyclic) bond motifs is 1. The van der Waals surface area contributed by atoms with Gasteiger partial charge in [0.2, 0.25) is 0 Å². The average molecular weight is 301 g/mol. The minimum atomic E-state index is 0.762. The van der Waals surface area contributed by atoms with E-state index < -0.39 is 0 Å². The maximum atomic E-state index is 5.89. The third-order valence-corrected chi connectivity index (χ3v) is 3.61. The van der Waals surface area contributed by atoms with Crippen molar-refractivity contribution < 1.29 is 0 Å². The highest BCUT2D eigenvalue weighted by atomic mass is 35.5. The molecule has 0 amide bonds. The van der Waals surface area contributed by atoms with Gasteiger partial charge in [-0.15, -0.1) is 0 Å². The second kappa shape index (κ2) is 5.74. The summed E-state index contributed by atoms with van der Waals surface area (Å²) in [4.78, 5) is 12.2. The summed E-state index contributed by atoms with van der Waals surface area (Å²) >= 11 is 5.89. The van der Waals surface area contributed by atoms with E-state index in [1.54, 1.807) is 0 Å². The number of nitrogens with zero attached hydrogens (tertiary/aromatic N) is 2. The van der Waals surface area contributed by atoms with Crippen LogP contribution in [0.4, 0.5) is 5.82 Å². The Morgan fingerprint density at radius 2 is 1.90 bits per heavy atom. The summed E-state index contributed by atoms with van der Waals surface area (Å²) < 4.78 is 0. The maximum Gasteiger partial charge on any atom is 0.143 e. The minimum absolute atomic E-state index is 0.762. The first-order valence-corrected chi connectivity index (χ1v) is 7.32. The lowest BCUT2D eigenvalue weighted by atomic mass is 10.1. The molecule has 2 aromatic heterocycles. The normalized spacial score (nSPS) is 11.0. The molecule has 0 bridgehead atoms. The van der Waals surface area contributed by atoms with E-state index in [1.165, 1.54) is 5.56 Å². The summed E-state index contributed by atoms with van der Waals surface area (Å²) in [7, 11) is 0. The topological polar surface area (TPSA) is 53.6 Å². The predicted octanol–water partition coefficient (Wildman–Crippen LogP) is 3.88. The molecule has 0 saturated heterocycles. The highest BCUT2D eigenvalue weighted by molar-refractivity contribution is 6.30. The first-order valence-electron chi connectivity index (χ1n) is 6.94. The van der Waals surface area contributed by atoms with Gasteiger partial charge in [-0.1, -0.05) is 23.7 Å². The molecule has 0 aliphatic carbocycles. The molecule has 0 aliphatic heterocycles. The van der Waals surface area contributed by atoms with Gasteiger partial charge in [-0.3, -0.25) is 0 Å². The second-order valence-corrected chi connectivity index (χ2v) is 5.57. The molecule has 2 N–H and O–H groups in total. The number of aryl methyl sites for hydroxylation is 2. The fraction of sp³-hybridized carbons (Fsp3) is 0.250. The van der Waals surface area contributed by atoms with Crippen molar-refractivity contribution in [2.24, 2.45) is 0 Å². The van der Waals surface area contributed by atoms with Gasteiger partial charge >= 0.3 is 0 Å². The summed E-state index contributed by atoms with van der Waals surface area (Å²) in [5, 5.41) is 5.20. The van der Waals surface area contributed by atoms with Crippen LogP contribution in [0.25, 0.3) is 11.0 Å². The highest BCUT2D eigenvalue weighted by Crippen LogP contribution is 2.21. The Balaban J connectivity index is 1.74. The van der Waals surface area contributed by atoms with Crippen molar-refractivity contribution >= 4 is 28.5 Å². The van der Waals surface area contributed by atoms with E-state index in [2.05, 4.69) is 26.3 Å². The standard InChI is InChI=1S/C16H17ClN4/c1-10-9-14-15(20-11(2)21-16(14)19-10)18-8-7-12-3-5-13(17)6-4-12/h3-6,9H,7-8H2,1-2H3,(H2,18,19,20,21). The van der Waals surface area contributed by atoms with Crippen LogP contribution in [0.5, 0.6) is 0 Å². The highest BCUT2D eigenvalue weighted by Gasteiger charge is 2.07. The molecule has 3 rings (SSSR count). The molecule has 0 spiro atoms. The van der Waals surface area contributed by atoms with Crippen molar-refractivity contribution in [1.29, 1.82) is 0 Å². The van der Waals surface area contributed by atoms with Gasteiger partial charge in [-0.05, 0) is 44.0 Å². The average Bonchev–Trinajstić information content (AvgIpc) is 2.81. The van der Waals surface area contributed by atoms with Crippen molar-refractivity contribution in [1.82, 2.24) is 15.0 Å². The van der Waals surface area contributed by atoms with Gasteiger partial charge in [0.05, 0.1) is 5.39 Å². The fourth-order valence-electron chi connectivity index (χ4n) is 2.36. The maximum absolute atomic E-state index is 5.89. The SMILES string of the molecule is Cc1nc(NCCc2ccc(Cl)cc2)c2cc(C)[nH]c2n1. The van der Waals surface area contributed by atoms with Crippen LogP contribution in [0.2, 0.25) is 5.02 Å². The third-order valence-electron chi connectivity index (χ3n) is 3.35. The molecular weight excluding hydrogens is 284 g/mol. The third kappa shape index (κ3) is 3.16. The van der Waals surface area contributed by atoms with Crippen molar-refractivity contribution in [3.05, 3.63) is 52.4 Å². The van der Waals surface area contributed by atoms with Crippen LogP contribution >= 0.6 is 11.6 Å². The zero-order valence-corrected chi connectivity index (χ0v) is 12.8. The van der Waals surface area contributed by atoms with Crippen molar-refractivity contribution in [2.45, 2.75) is 20.3 Å². The Hall–Kier alpha value is -2.07. The van der Waals surface area contributed by atoms with Crippen molar-refractivity contribution in [2.75, 3.05) is 11.9 Å². The number of anilines is 1. The minimum Gasteiger partial charge on any atom is -0.369 e. The number of rotatable bonds is 4. The molecule has 2 heterocycles. The lowest BCUT2D eigenvalue weighted by Crippen LogP contribution is -2.07. The molecule has 0 fully saturated rings. The monoisotopic (exact) mass is 300 g/mol. The Morgan fingerprint density at radius 1 is 1.14 bits per heavy atom. The van der Waals surface area contributed by atoms with Crippen LogP contribution in [-0.2, 0) is 6.42 Å². The molecule has 4 nitrogen and oxygen atoms in total. The zero-order chi connectivity index (χ0) is 14.8. The summed E-state index contributed by atoms with van der Waals surface area (Å²) in [5.41, 5.74) is 3.22. The number of halogens is 1. The number of nitrogens with one attached hydrogen (secondary N) is 2. The van der Waals surface area contributed by atoms with Gasteiger partial charge in [0.25, 0.3) is 0 Å². The molecule has 5 heteroatoms. The Morgan fingerprint density at radius 3 is 2.67 bits per heavy atom. The molecule has 0 radical (unpaired) electrons. The summed E-state index contributed by atoms with van der Waals surface area (Å²) in [5.74, 6) is 1.65. The molecule has 0 aliphatic rings. The molecular formula is C16H17ClN4. The first kappa shape index (κ1) is 13.9. The Kier molecular flexibility index (Phi) is 3.80. The van der Waals surface area contributed by atoms with Gasteiger partial charge in [-0.2, -0.15) is 0 Å². The van der Waals surface area contributed by atoms with Crippen molar-refractivity contribution in [3.8, 4) is 0 Å². The lowest BCUT2D eigenvalue weighted by Gasteiger charge is -2.07. The molecule has 0 atom stereocenters. The number of aromatic nitrogens is 3. The molecule has 21 heavy (non-hydrogen) atoms. The van der Waals surface area contributed by atoms with Crippen LogP contribution < -0.4 is 5.32 Å². The molecule has 108 valence electrons. The van der Waals surface area contributed by atoms with Crippen molar-refractivity contribution in [3.63, 3.8) is 0 Å². The van der Waals surface area contributed by atoms with Gasteiger partial charge < -0.3 is 10.3 Å². The van der Waals surface area contributed by atoms with Gasteiger partial charge in [0.15, 0.2) is 0 Å². The summed E-state index contributed by atoms with van der Waals surface area (Å²) in [6, 6.07) is 9.99. The molecule has 3 aromatic rings. The van der Waals surface area contributed by atoms with Gasteiger partial charge in [-0.25, -0.2) is 9.97 Å². The molecule has 0 unspecified atom stereocenters. The summed E-state index contributed by atoms with van der Waals surface area (Å²) in [6.07, 6.45) is 0.922. The van der Waals surface area contributed by atoms with Crippen LogP contribution in [-0.4, -0.2) is 21.5 Å². The molecule has 1 aromatic carbocycles. The Labute approximate surface area is 128 Å². The number of benzene rings is 1. The van der Waals surface area contributed by atoms with E-state index in [1.807, 2.05) is 38.1 Å². The second-order valence-electron chi connectivity index (χ2n) is 5.14. The van der Waals surface area contributed by atoms with E-state index in [9.17, 15) is 0 Å². The Bertz CT molecular complexity index is 762. The van der Waals surface area contributed by atoms with Crippen LogP contribution in [0.1, 0.15) is 17.1 Å². The van der Waals surface area contributed by atoms with E-state index in [0.29, 0.717) is 0 Å². The number of hydrogen-bond acceptors (Lipinski definition) is 3. The fourth-order valence-corrected chi connectivity index (χ4v) is 2.49. The van der Waals surface area contributed by atoms with Gasteiger partial charge in [0.1, 0.15) is 17.3 Å². The largest absolute Gasteiger partial charge is 0.369 e. The molecule has 0 saturated carbocycles. The lowest BCUT2D eigenvalue weighted by molar-refractivity contribution is 0.993. The van der Waals surface area contributed by atoms with E-state index in [0.717, 1.165) is 46.4 Å². The number of H-pyrrole nitrogens is 1. The van der Waals surface area contributed by atoms with E-state index in [4.69, 9.17) is 11.6 Å². The quantitative estimate of drug-likeness (QED) is 0.769. The first-order chi connectivity index (χ1) is 10.1. The van der Waals surface area contributed by atoms with Crippen LogP contribution in [0.15, 0.2) is 30.3 Å². The van der Waals surface area contributed by atoms with Crippen LogP contribution in [0.3, 0.4) is 0 Å². The number of hydrogen-bond donors (Lipinski definition) is 2. The smallest absolute Gasteiger partial charge is 0.143 e. The van der Waals surface area contributed by atoms with E-state index >= 15 is 0 Å². The number of aromatic amines is 1. The van der Waals surface area contributed by atoms with E-state index in [-0.39, 0.29) is 0 Å². The van der Waals surface area contributed by atoms with Gasteiger partial charge in [0, 0.05) is 17.3 Å². The summed E-state index contributed by atoms with van der Waals surface area (Å²) in [6.45, 7) is 4.74. The predicted molar refractivity (Wildman–Crippen MR) is 87.0 cm³/mol.